The number of nitriles is 1. The molecule has 0 amide bonds. The number of hydrogen-bond donors (Lipinski definition) is 1. The van der Waals surface area contributed by atoms with Crippen molar-refractivity contribution in [3.63, 3.8) is 0 Å². The van der Waals surface area contributed by atoms with E-state index < -0.39 is 0 Å². The first-order chi connectivity index (χ1) is 16.3. The number of para-hydroxylation sites is 1. The molecule has 0 saturated carbocycles. The Hall–Kier alpha value is -4.61. The molecule has 0 aromatic heterocycles. The summed E-state index contributed by atoms with van der Waals surface area (Å²) in [6, 6.07) is 45.7. The molecule has 0 heterocycles. The molecule has 5 aromatic carbocycles. The Morgan fingerprint density at radius 2 is 1.06 bits per heavy atom. The summed E-state index contributed by atoms with van der Waals surface area (Å²) in [4.78, 5) is 0. The molecule has 1 N–H and O–H groups in total. The molecule has 156 valence electrons. The number of hydrogen-bond acceptors (Lipinski definition) is 2. The average molecular weight is 423 g/mol. The van der Waals surface area contributed by atoms with Crippen molar-refractivity contribution in [1.82, 2.24) is 0 Å². The van der Waals surface area contributed by atoms with Crippen LogP contribution < -0.4 is 5.32 Å². The third kappa shape index (κ3) is 4.54. The summed E-state index contributed by atoms with van der Waals surface area (Å²) < 4.78 is 0. The van der Waals surface area contributed by atoms with Crippen LogP contribution in [-0.2, 0) is 0 Å². The van der Waals surface area contributed by atoms with Crippen molar-refractivity contribution in [3.05, 3.63) is 133 Å². The van der Waals surface area contributed by atoms with Crippen molar-refractivity contribution in [2.75, 3.05) is 5.32 Å². The van der Waals surface area contributed by atoms with Gasteiger partial charge in [0.25, 0.3) is 0 Å². The summed E-state index contributed by atoms with van der Waals surface area (Å²) in [5, 5.41) is 12.7. The summed E-state index contributed by atoms with van der Waals surface area (Å²) in [7, 11) is 0. The van der Waals surface area contributed by atoms with Crippen molar-refractivity contribution in [3.8, 4) is 39.4 Å². The molecular formula is C31H22N2. The van der Waals surface area contributed by atoms with Gasteiger partial charge < -0.3 is 5.32 Å². The molecule has 0 aliphatic carbocycles. The van der Waals surface area contributed by atoms with Gasteiger partial charge >= 0.3 is 0 Å². The first-order valence-corrected chi connectivity index (χ1v) is 10.9. The van der Waals surface area contributed by atoms with Gasteiger partial charge in [0.15, 0.2) is 0 Å². The highest BCUT2D eigenvalue weighted by atomic mass is 14.9. The Balaban J connectivity index is 1.59. The molecule has 0 spiro atoms. The summed E-state index contributed by atoms with van der Waals surface area (Å²) in [5.41, 5.74) is 9.57. The molecule has 0 saturated heterocycles. The molecule has 0 aliphatic heterocycles. The van der Waals surface area contributed by atoms with E-state index in [4.69, 9.17) is 0 Å². The lowest BCUT2D eigenvalue weighted by atomic mass is 9.94. The molecular weight excluding hydrogens is 400 g/mol. The maximum Gasteiger partial charge on any atom is 0.0991 e. The van der Waals surface area contributed by atoms with E-state index in [1.165, 1.54) is 11.1 Å². The van der Waals surface area contributed by atoms with Crippen LogP contribution in [-0.4, -0.2) is 0 Å². The standard InChI is InChI=1S/C31H22N2/c32-22-23-14-16-25(17-15-23)30-21-28(18-19-31(30)33-29-12-5-2-6-13-29)27-11-7-10-26(20-27)24-8-3-1-4-9-24/h1-21,33H. The van der Waals surface area contributed by atoms with Crippen LogP contribution in [0.5, 0.6) is 0 Å². The molecule has 5 rings (SSSR count). The van der Waals surface area contributed by atoms with E-state index in [-0.39, 0.29) is 0 Å². The molecule has 0 unspecified atom stereocenters. The molecule has 0 aliphatic rings. The fraction of sp³-hybridized carbons (Fsp3) is 0. The highest BCUT2D eigenvalue weighted by Crippen LogP contribution is 2.35. The minimum Gasteiger partial charge on any atom is -0.355 e. The minimum atomic E-state index is 0.656. The average Bonchev–Trinajstić information content (AvgIpc) is 2.90. The van der Waals surface area contributed by atoms with Gasteiger partial charge in [0.2, 0.25) is 0 Å². The fourth-order valence-electron chi connectivity index (χ4n) is 3.98. The van der Waals surface area contributed by atoms with Gasteiger partial charge in [-0.05, 0) is 70.3 Å². The van der Waals surface area contributed by atoms with Crippen LogP contribution in [0.15, 0.2) is 127 Å². The van der Waals surface area contributed by atoms with Crippen LogP contribution in [0, 0.1) is 11.3 Å². The van der Waals surface area contributed by atoms with Crippen molar-refractivity contribution >= 4 is 11.4 Å². The summed E-state index contributed by atoms with van der Waals surface area (Å²) in [6.45, 7) is 0. The summed E-state index contributed by atoms with van der Waals surface area (Å²) in [5.74, 6) is 0. The largest absolute Gasteiger partial charge is 0.355 e. The van der Waals surface area contributed by atoms with Gasteiger partial charge in [-0.2, -0.15) is 5.26 Å². The van der Waals surface area contributed by atoms with Crippen molar-refractivity contribution < 1.29 is 0 Å². The van der Waals surface area contributed by atoms with Gasteiger partial charge in [0.05, 0.1) is 11.6 Å². The Kier molecular flexibility index (Phi) is 5.70. The topological polar surface area (TPSA) is 35.8 Å². The van der Waals surface area contributed by atoms with Gasteiger partial charge in [0, 0.05) is 16.9 Å². The minimum absolute atomic E-state index is 0.656. The highest BCUT2D eigenvalue weighted by molar-refractivity contribution is 5.86. The van der Waals surface area contributed by atoms with Crippen LogP contribution in [0.4, 0.5) is 11.4 Å². The second-order valence-corrected chi connectivity index (χ2v) is 7.89. The molecule has 0 radical (unpaired) electrons. The van der Waals surface area contributed by atoms with Crippen molar-refractivity contribution in [2.45, 2.75) is 0 Å². The number of rotatable bonds is 5. The van der Waals surface area contributed by atoms with E-state index in [9.17, 15) is 5.26 Å². The number of nitrogens with one attached hydrogen (secondary N) is 1. The quantitative estimate of drug-likeness (QED) is 0.309. The first kappa shape index (κ1) is 20.3. The molecule has 0 bridgehead atoms. The maximum atomic E-state index is 9.20. The molecule has 0 atom stereocenters. The lowest BCUT2D eigenvalue weighted by Gasteiger charge is -2.15. The predicted molar refractivity (Wildman–Crippen MR) is 137 cm³/mol. The third-order valence-corrected chi connectivity index (χ3v) is 5.70. The zero-order valence-electron chi connectivity index (χ0n) is 18.1. The van der Waals surface area contributed by atoms with Crippen molar-refractivity contribution in [1.29, 1.82) is 5.26 Å². The summed E-state index contributed by atoms with van der Waals surface area (Å²) >= 11 is 0. The van der Waals surface area contributed by atoms with Gasteiger partial charge in [-0.1, -0.05) is 84.9 Å². The zero-order valence-corrected chi connectivity index (χ0v) is 18.1. The summed E-state index contributed by atoms with van der Waals surface area (Å²) in [6.07, 6.45) is 0. The van der Waals surface area contributed by atoms with E-state index in [0.29, 0.717) is 5.56 Å². The van der Waals surface area contributed by atoms with Gasteiger partial charge in [-0.25, -0.2) is 0 Å². The van der Waals surface area contributed by atoms with Crippen LogP contribution >= 0.6 is 0 Å². The number of benzene rings is 5. The molecule has 0 fully saturated rings. The SMILES string of the molecule is N#Cc1ccc(-c2cc(-c3cccc(-c4ccccc4)c3)ccc2Nc2ccccc2)cc1. The monoisotopic (exact) mass is 422 g/mol. The number of anilines is 2. The molecule has 33 heavy (non-hydrogen) atoms. The third-order valence-electron chi connectivity index (χ3n) is 5.70. The first-order valence-electron chi connectivity index (χ1n) is 10.9. The molecule has 2 nitrogen and oxygen atoms in total. The Morgan fingerprint density at radius 1 is 0.485 bits per heavy atom. The second kappa shape index (κ2) is 9.26. The smallest absolute Gasteiger partial charge is 0.0991 e. The fourth-order valence-corrected chi connectivity index (χ4v) is 3.98. The Morgan fingerprint density at radius 3 is 1.76 bits per heavy atom. The number of nitrogens with zero attached hydrogens (tertiary/aromatic N) is 1. The normalized spacial score (nSPS) is 10.4. The van der Waals surface area contributed by atoms with Crippen LogP contribution in [0.3, 0.4) is 0 Å². The van der Waals surface area contributed by atoms with Crippen LogP contribution in [0.2, 0.25) is 0 Å². The van der Waals surface area contributed by atoms with Crippen molar-refractivity contribution in [2.24, 2.45) is 0 Å². The molecule has 2 heteroatoms. The van der Waals surface area contributed by atoms with Gasteiger partial charge in [0.1, 0.15) is 0 Å². The van der Waals surface area contributed by atoms with E-state index in [1.54, 1.807) is 0 Å². The van der Waals surface area contributed by atoms with E-state index >= 15 is 0 Å². The second-order valence-electron chi connectivity index (χ2n) is 7.89. The Bertz CT molecular complexity index is 1410. The van der Waals surface area contributed by atoms with Gasteiger partial charge in [-0.15, -0.1) is 0 Å². The maximum absolute atomic E-state index is 9.20. The zero-order chi connectivity index (χ0) is 22.5. The Labute approximate surface area is 194 Å². The van der Waals surface area contributed by atoms with Crippen LogP contribution in [0.25, 0.3) is 33.4 Å². The van der Waals surface area contributed by atoms with E-state index in [2.05, 4.69) is 90.2 Å². The lowest BCUT2D eigenvalue weighted by molar-refractivity contribution is 1.48. The van der Waals surface area contributed by atoms with Gasteiger partial charge in [-0.3, -0.25) is 0 Å². The molecule has 5 aromatic rings. The van der Waals surface area contributed by atoms with Crippen LogP contribution in [0.1, 0.15) is 5.56 Å². The highest BCUT2D eigenvalue weighted by Gasteiger charge is 2.10. The predicted octanol–water partition coefficient (Wildman–Crippen LogP) is 8.30. The van der Waals surface area contributed by atoms with E-state index in [1.807, 2.05) is 48.5 Å². The van der Waals surface area contributed by atoms with E-state index in [0.717, 1.165) is 33.6 Å². The lowest BCUT2D eigenvalue weighted by Crippen LogP contribution is -1.94.